The highest BCUT2D eigenvalue weighted by molar-refractivity contribution is 6.33. The summed E-state index contributed by atoms with van der Waals surface area (Å²) in [6.45, 7) is 5.60. The maximum Gasteiger partial charge on any atom is 0.231 e. The molecule has 172 valence electrons. The molecule has 2 aromatic heterocycles. The van der Waals surface area contributed by atoms with Gasteiger partial charge in [-0.25, -0.2) is 4.98 Å². The summed E-state index contributed by atoms with van der Waals surface area (Å²) >= 11 is 6.54. The van der Waals surface area contributed by atoms with Crippen LogP contribution in [-0.4, -0.2) is 76.9 Å². The highest BCUT2D eigenvalue weighted by atomic mass is 35.5. The number of aromatic nitrogens is 4. The molecule has 0 unspecified atom stereocenters. The lowest BCUT2D eigenvalue weighted by atomic mass is 10.1. The first-order valence-corrected chi connectivity index (χ1v) is 11.5. The van der Waals surface area contributed by atoms with Gasteiger partial charge in [-0.2, -0.15) is 9.97 Å². The fraction of sp³-hybridized carbons (Fsp3) is 0.435. The van der Waals surface area contributed by atoms with Crippen LogP contribution >= 0.6 is 11.6 Å². The van der Waals surface area contributed by atoms with Gasteiger partial charge in [-0.1, -0.05) is 23.4 Å². The molecule has 0 spiro atoms. The van der Waals surface area contributed by atoms with Crippen LogP contribution in [0.2, 0.25) is 5.02 Å². The lowest BCUT2D eigenvalue weighted by Gasteiger charge is -2.24. The molecule has 10 heteroatoms. The van der Waals surface area contributed by atoms with Crippen LogP contribution in [0.1, 0.15) is 18.4 Å². The molecule has 3 N–H and O–H groups in total. The van der Waals surface area contributed by atoms with E-state index in [-0.39, 0.29) is 0 Å². The van der Waals surface area contributed by atoms with Gasteiger partial charge >= 0.3 is 0 Å². The van der Waals surface area contributed by atoms with Gasteiger partial charge in [-0.05, 0) is 31.0 Å². The number of halogens is 1. The van der Waals surface area contributed by atoms with Crippen molar-refractivity contribution in [3.8, 4) is 11.8 Å². The Bertz CT molecular complexity index is 1160. The number of morpholine rings is 1. The van der Waals surface area contributed by atoms with Gasteiger partial charge in [0.2, 0.25) is 5.95 Å². The Morgan fingerprint density at radius 2 is 1.94 bits per heavy atom. The minimum Gasteiger partial charge on any atom is -0.381 e. The quantitative estimate of drug-likeness (QED) is 0.492. The first-order valence-electron chi connectivity index (χ1n) is 11.2. The molecule has 2 saturated heterocycles. The predicted octanol–water partition coefficient (Wildman–Crippen LogP) is 3.02. The fourth-order valence-electron chi connectivity index (χ4n) is 3.85. The average molecular weight is 468 g/mol. The van der Waals surface area contributed by atoms with Crippen molar-refractivity contribution < 1.29 is 9.47 Å². The second kappa shape index (κ2) is 10.4. The largest absolute Gasteiger partial charge is 0.381 e. The topological polar surface area (TPSA) is 100 Å². The van der Waals surface area contributed by atoms with E-state index in [1.165, 1.54) is 0 Å². The normalized spacial score (nSPS) is 17.5. The molecule has 5 rings (SSSR count). The number of nitrogens with zero attached hydrogens (tertiary/aromatic N) is 4. The lowest BCUT2D eigenvalue weighted by Crippen LogP contribution is -2.36. The summed E-state index contributed by atoms with van der Waals surface area (Å²) in [5.41, 5.74) is 2.95. The maximum absolute atomic E-state index is 6.54. The Morgan fingerprint density at radius 1 is 1.12 bits per heavy atom. The van der Waals surface area contributed by atoms with E-state index in [4.69, 9.17) is 21.1 Å². The van der Waals surface area contributed by atoms with E-state index in [0.29, 0.717) is 39.7 Å². The van der Waals surface area contributed by atoms with Crippen LogP contribution in [0.5, 0.6) is 0 Å². The molecule has 1 aromatic carbocycles. The monoisotopic (exact) mass is 467 g/mol. The van der Waals surface area contributed by atoms with Crippen molar-refractivity contribution in [3.63, 3.8) is 0 Å². The van der Waals surface area contributed by atoms with Crippen molar-refractivity contribution in [1.82, 2.24) is 24.8 Å². The molecule has 4 heterocycles. The van der Waals surface area contributed by atoms with E-state index in [1.54, 1.807) is 6.33 Å². The van der Waals surface area contributed by atoms with E-state index in [9.17, 15) is 0 Å². The van der Waals surface area contributed by atoms with E-state index in [0.717, 1.165) is 64.5 Å². The smallest absolute Gasteiger partial charge is 0.231 e. The first kappa shape index (κ1) is 21.9. The molecule has 2 aliphatic rings. The Kier molecular flexibility index (Phi) is 6.88. The van der Waals surface area contributed by atoms with Crippen molar-refractivity contribution >= 4 is 40.2 Å². The standard InChI is InChI=1S/C23H26ClN7O2/c24-18-14-16(2-1-7-31-8-12-33-13-9-31)3-4-19(18)28-23-29-21-20(25-15-26-21)22(30-23)27-17-5-10-32-11-6-17/h3-4,14-15,17H,5-13H2,(H3,25,26,27,28,29,30). The number of rotatable bonds is 5. The molecular formula is C23H26ClN7O2. The lowest BCUT2D eigenvalue weighted by molar-refractivity contribution is 0.0443. The highest BCUT2D eigenvalue weighted by Crippen LogP contribution is 2.27. The number of imidazole rings is 1. The maximum atomic E-state index is 6.54. The highest BCUT2D eigenvalue weighted by Gasteiger charge is 2.18. The first-order chi connectivity index (χ1) is 16.2. The summed E-state index contributed by atoms with van der Waals surface area (Å²) < 4.78 is 10.8. The fourth-order valence-corrected chi connectivity index (χ4v) is 4.08. The molecule has 0 radical (unpaired) electrons. The minimum atomic E-state index is 0.292. The Labute approximate surface area is 197 Å². The van der Waals surface area contributed by atoms with E-state index < -0.39 is 0 Å². The molecule has 0 bridgehead atoms. The van der Waals surface area contributed by atoms with Gasteiger partial charge < -0.3 is 25.1 Å². The number of hydrogen-bond acceptors (Lipinski definition) is 8. The van der Waals surface area contributed by atoms with Gasteiger partial charge in [0.25, 0.3) is 0 Å². The van der Waals surface area contributed by atoms with Crippen LogP contribution in [0.15, 0.2) is 24.5 Å². The SMILES string of the molecule is Clc1cc(C#CCN2CCOCC2)ccc1Nc1nc(NC2CCOCC2)c2nc[nH]c2n1. The third kappa shape index (κ3) is 5.54. The van der Waals surface area contributed by atoms with Crippen molar-refractivity contribution in [2.75, 3.05) is 56.7 Å². The van der Waals surface area contributed by atoms with Crippen LogP contribution in [0.3, 0.4) is 0 Å². The molecule has 0 amide bonds. The summed E-state index contributed by atoms with van der Waals surface area (Å²) in [7, 11) is 0. The number of ether oxygens (including phenoxy) is 2. The zero-order chi connectivity index (χ0) is 22.5. The summed E-state index contributed by atoms with van der Waals surface area (Å²) in [5, 5.41) is 7.28. The zero-order valence-corrected chi connectivity index (χ0v) is 19.0. The molecule has 2 aliphatic heterocycles. The molecular weight excluding hydrogens is 442 g/mol. The molecule has 33 heavy (non-hydrogen) atoms. The Balaban J connectivity index is 1.30. The summed E-state index contributed by atoms with van der Waals surface area (Å²) in [6.07, 6.45) is 3.48. The van der Waals surface area contributed by atoms with Crippen molar-refractivity contribution in [3.05, 3.63) is 35.1 Å². The van der Waals surface area contributed by atoms with Crippen molar-refractivity contribution in [1.29, 1.82) is 0 Å². The second-order valence-corrected chi connectivity index (χ2v) is 8.44. The van der Waals surface area contributed by atoms with Crippen LogP contribution in [-0.2, 0) is 9.47 Å². The molecule has 9 nitrogen and oxygen atoms in total. The minimum absolute atomic E-state index is 0.292. The van der Waals surface area contributed by atoms with Gasteiger partial charge in [-0.3, -0.25) is 4.90 Å². The number of anilines is 3. The third-order valence-corrected chi connectivity index (χ3v) is 6.01. The van der Waals surface area contributed by atoms with E-state index in [2.05, 4.69) is 47.3 Å². The van der Waals surface area contributed by atoms with Gasteiger partial charge in [0, 0.05) is 37.9 Å². The number of hydrogen-bond donors (Lipinski definition) is 3. The van der Waals surface area contributed by atoms with Crippen LogP contribution in [0.4, 0.5) is 17.5 Å². The van der Waals surface area contributed by atoms with E-state index >= 15 is 0 Å². The summed E-state index contributed by atoms with van der Waals surface area (Å²) in [6, 6.07) is 5.98. The number of nitrogens with one attached hydrogen (secondary N) is 3. The molecule has 0 aliphatic carbocycles. The molecule has 0 saturated carbocycles. The van der Waals surface area contributed by atoms with E-state index in [1.807, 2.05) is 18.2 Å². The third-order valence-electron chi connectivity index (χ3n) is 5.70. The summed E-state index contributed by atoms with van der Waals surface area (Å²) in [4.78, 5) is 18.9. The second-order valence-electron chi connectivity index (χ2n) is 8.04. The predicted molar refractivity (Wildman–Crippen MR) is 128 cm³/mol. The zero-order valence-electron chi connectivity index (χ0n) is 18.2. The number of fused-ring (bicyclic) bond motifs is 1. The number of aromatic amines is 1. The van der Waals surface area contributed by atoms with Crippen LogP contribution in [0.25, 0.3) is 11.2 Å². The van der Waals surface area contributed by atoms with Gasteiger partial charge in [0.05, 0.1) is 36.8 Å². The number of H-pyrrole nitrogens is 1. The summed E-state index contributed by atoms with van der Waals surface area (Å²) in [5.74, 6) is 7.54. The average Bonchev–Trinajstić information content (AvgIpc) is 3.31. The van der Waals surface area contributed by atoms with Crippen LogP contribution in [0, 0.1) is 11.8 Å². The Morgan fingerprint density at radius 3 is 2.76 bits per heavy atom. The Hall–Kier alpha value is -2.90. The van der Waals surface area contributed by atoms with Gasteiger partial charge in [-0.15, -0.1) is 0 Å². The molecule has 2 fully saturated rings. The molecule has 3 aromatic rings. The number of benzene rings is 1. The van der Waals surface area contributed by atoms with Gasteiger partial charge in [0.15, 0.2) is 11.5 Å². The van der Waals surface area contributed by atoms with Crippen LogP contribution < -0.4 is 10.6 Å². The van der Waals surface area contributed by atoms with Crippen molar-refractivity contribution in [2.45, 2.75) is 18.9 Å². The van der Waals surface area contributed by atoms with Gasteiger partial charge in [0.1, 0.15) is 5.52 Å². The van der Waals surface area contributed by atoms with Crippen molar-refractivity contribution in [2.24, 2.45) is 0 Å². The molecule has 0 atom stereocenters.